The lowest BCUT2D eigenvalue weighted by molar-refractivity contribution is 0.0962. The number of ketones is 1. The van der Waals surface area contributed by atoms with E-state index in [9.17, 15) is 4.79 Å². The van der Waals surface area contributed by atoms with Crippen LogP contribution in [0, 0.1) is 5.92 Å². The molecule has 0 aromatic heterocycles. The first-order valence-corrected chi connectivity index (χ1v) is 6.40. The van der Waals surface area contributed by atoms with E-state index in [1.807, 2.05) is 0 Å². The van der Waals surface area contributed by atoms with Crippen LogP contribution < -0.4 is 0 Å². The molecule has 0 saturated heterocycles. The molecule has 1 fully saturated rings. The van der Waals surface area contributed by atoms with E-state index in [2.05, 4.69) is 0 Å². The van der Waals surface area contributed by atoms with Crippen LogP contribution in [0.3, 0.4) is 0 Å². The number of benzene rings is 1. The number of rotatable bonds is 3. The van der Waals surface area contributed by atoms with Gasteiger partial charge in [-0.25, -0.2) is 0 Å². The quantitative estimate of drug-likeness (QED) is 0.713. The predicted molar refractivity (Wildman–Crippen MR) is 67.4 cm³/mol. The van der Waals surface area contributed by atoms with Gasteiger partial charge in [0, 0.05) is 17.0 Å². The lowest BCUT2D eigenvalue weighted by Crippen LogP contribution is -2.06. The van der Waals surface area contributed by atoms with Crippen molar-refractivity contribution in [2.75, 3.05) is 0 Å². The molecule has 0 heterocycles. The zero-order valence-corrected chi connectivity index (χ0v) is 10.5. The highest BCUT2D eigenvalue weighted by Gasteiger charge is 2.20. The molecule has 0 amide bonds. The highest BCUT2D eigenvalue weighted by molar-refractivity contribution is 6.36. The Hall–Kier alpha value is -0.530. The fourth-order valence-corrected chi connectivity index (χ4v) is 2.82. The molecule has 86 valence electrons. The Morgan fingerprint density at radius 2 is 1.94 bits per heavy atom. The number of carbonyl (C=O) groups is 1. The van der Waals surface area contributed by atoms with Crippen LogP contribution in [0.15, 0.2) is 18.2 Å². The van der Waals surface area contributed by atoms with Crippen LogP contribution in [0.25, 0.3) is 0 Å². The van der Waals surface area contributed by atoms with Crippen molar-refractivity contribution in [3.63, 3.8) is 0 Å². The SMILES string of the molecule is O=C(CC1CCCC1)c1ccc(Cl)cc1Cl. The van der Waals surface area contributed by atoms with Crippen LogP contribution in [0.4, 0.5) is 0 Å². The van der Waals surface area contributed by atoms with E-state index in [0.717, 1.165) is 0 Å². The van der Waals surface area contributed by atoms with Crippen molar-refractivity contribution < 1.29 is 4.79 Å². The molecule has 0 spiro atoms. The molecule has 1 nitrogen and oxygen atoms in total. The van der Waals surface area contributed by atoms with Gasteiger partial charge in [0.25, 0.3) is 0 Å². The summed E-state index contributed by atoms with van der Waals surface area (Å²) in [4.78, 5) is 12.0. The molecule has 3 heteroatoms. The van der Waals surface area contributed by atoms with Crippen molar-refractivity contribution in [2.24, 2.45) is 5.92 Å². The molecule has 0 atom stereocenters. The summed E-state index contributed by atoms with van der Waals surface area (Å²) in [7, 11) is 0. The minimum absolute atomic E-state index is 0.147. The molecule has 1 saturated carbocycles. The predicted octanol–water partition coefficient (Wildman–Crippen LogP) is 4.76. The van der Waals surface area contributed by atoms with E-state index in [4.69, 9.17) is 23.2 Å². The summed E-state index contributed by atoms with van der Waals surface area (Å²) in [6.07, 6.45) is 5.49. The summed E-state index contributed by atoms with van der Waals surface area (Å²) in [5.41, 5.74) is 0.609. The maximum Gasteiger partial charge on any atom is 0.164 e. The molecule has 1 aliphatic carbocycles. The van der Waals surface area contributed by atoms with E-state index in [1.54, 1.807) is 18.2 Å². The van der Waals surface area contributed by atoms with Gasteiger partial charge in [-0.1, -0.05) is 48.9 Å². The van der Waals surface area contributed by atoms with Gasteiger partial charge in [-0.05, 0) is 24.1 Å². The number of carbonyl (C=O) groups excluding carboxylic acids is 1. The van der Waals surface area contributed by atoms with E-state index >= 15 is 0 Å². The number of hydrogen-bond donors (Lipinski definition) is 0. The molecular formula is C13H14Cl2O. The van der Waals surface area contributed by atoms with Gasteiger partial charge in [-0.3, -0.25) is 4.79 Å². The maximum absolute atomic E-state index is 12.0. The monoisotopic (exact) mass is 256 g/mol. The maximum atomic E-state index is 12.0. The Morgan fingerprint density at radius 1 is 1.25 bits per heavy atom. The standard InChI is InChI=1S/C13H14Cl2O/c14-10-5-6-11(12(15)8-10)13(16)7-9-3-1-2-4-9/h5-6,8-9H,1-4,7H2. The van der Waals surface area contributed by atoms with Gasteiger partial charge >= 0.3 is 0 Å². The Bertz CT molecular complexity index is 395. The Labute approximate surface area is 106 Å². The number of Topliss-reactive ketones (excluding diaryl/α,β-unsaturated/α-hetero) is 1. The normalized spacial score (nSPS) is 16.6. The second-order valence-corrected chi connectivity index (χ2v) is 5.25. The van der Waals surface area contributed by atoms with E-state index in [-0.39, 0.29) is 5.78 Å². The average molecular weight is 257 g/mol. The zero-order valence-electron chi connectivity index (χ0n) is 9.01. The smallest absolute Gasteiger partial charge is 0.164 e. The molecule has 0 unspecified atom stereocenters. The molecule has 2 rings (SSSR count). The van der Waals surface area contributed by atoms with Crippen LogP contribution in [-0.4, -0.2) is 5.78 Å². The number of halogens is 2. The summed E-state index contributed by atoms with van der Waals surface area (Å²) in [6.45, 7) is 0. The van der Waals surface area contributed by atoms with Crippen molar-refractivity contribution in [1.29, 1.82) is 0 Å². The van der Waals surface area contributed by atoms with Gasteiger partial charge in [-0.2, -0.15) is 0 Å². The molecule has 1 aromatic rings. The highest BCUT2D eigenvalue weighted by Crippen LogP contribution is 2.30. The van der Waals surface area contributed by atoms with E-state index in [0.29, 0.717) is 27.9 Å². The summed E-state index contributed by atoms with van der Waals surface area (Å²) in [5.74, 6) is 0.702. The van der Waals surface area contributed by atoms with Gasteiger partial charge in [0.2, 0.25) is 0 Å². The first-order chi connectivity index (χ1) is 7.66. The second-order valence-electron chi connectivity index (χ2n) is 4.40. The minimum Gasteiger partial charge on any atom is -0.294 e. The van der Waals surface area contributed by atoms with Crippen molar-refractivity contribution in [1.82, 2.24) is 0 Å². The third kappa shape index (κ3) is 2.78. The Balaban J connectivity index is 2.08. The van der Waals surface area contributed by atoms with E-state index in [1.165, 1.54) is 25.7 Å². The first-order valence-electron chi connectivity index (χ1n) is 5.65. The average Bonchev–Trinajstić information content (AvgIpc) is 2.70. The van der Waals surface area contributed by atoms with Gasteiger partial charge in [0.1, 0.15) is 0 Å². The van der Waals surface area contributed by atoms with Crippen molar-refractivity contribution >= 4 is 29.0 Å². The fraction of sp³-hybridized carbons (Fsp3) is 0.462. The van der Waals surface area contributed by atoms with Gasteiger partial charge < -0.3 is 0 Å². The van der Waals surface area contributed by atoms with Crippen LogP contribution in [0.1, 0.15) is 42.5 Å². The molecule has 0 N–H and O–H groups in total. The lowest BCUT2D eigenvalue weighted by Gasteiger charge is -2.08. The Morgan fingerprint density at radius 3 is 2.56 bits per heavy atom. The zero-order chi connectivity index (χ0) is 11.5. The van der Waals surface area contributed by atoms with Crippen molar-refractivity contribution in [3.8, 4) is 0 Å². The van der Waals surface area contributed by atoms with Gasteiger partial charge in [-0.15, -0.1) is 0 Å². The largest absolute Gasteiger partial charge is 0.294 e. The van der Waals surface area contributed by atoms with Gasteiger partial charge in [0.15, 0.2) is 5.78 Å². The fourth-order valence-electron chi connectivity index (χ4n) is 2.30. The molecule has 1 aromatic carbocycles. The number of hydrogen-bond acceptors (Lipinski definition) is 1. The molecule has 0 radical (unpaired) electrons. The van der Waals surface area contributed by atoms with Crippen molar-refractivity contribution in [3.05, 3.63) is 33.8 Å². The van der Waals surface area contributed by atoms with Gasteiger partial charge in [0.05, 0.1) is 5.02 Å². The second kappa shape index (κ2) is 5.20. The summed E-state index contributed by atoms with van der Waals surface area (Å²) < 4.78 is 0. The minimum atomic E-state index is 0.147. The van der Waals surface area contributed by atoms with Crippen LogP contribution in [-0.2, 0) is 0 Å². The lowest BCUT2D eigenvalue weighted by atomic mass is 9.97. The van der Waals surface area contributed by atoms with Crippen molar-refractivity contribution in [2.45, 2.75) is 32.1 Å². The third-order valence-corrected chi connectivity index (χ3v) is 3.73. The van der Waals surface area contributed by atoms with E-state index < -0.39 is 0 Å². The highest BCUT2D eigenvalue weighted by atomic mass is 35.5. The summed E-state index contributed by atoms with van der Waals surface area (Å²) in [5, 5.41) is 1.04. The van der Waals surface area contributed by atoms with Crippen LogP contribution >= 0.6 is 23.2 Å². The third-order valence-electron chi connectivity index (χ3n) is 3.18. The Kier molecular flexibility index (Phi) is 3.88. The van der Waals surface area contributed by atoms with Crippen LogP contribution in [0.5, 0.6) is 0 Å². The molecule has 0 aliphatic heterocycles. The summed E-state index contributed by atoms with van der Waals surface area (Å²) >= 11 is 11.8. The first kappa shape index (κ1) is 11.9. The topological polar surface area (TPSA) is 17.1 Å². The molecule has 0 bridgehead atoms. The van der Waals surface area contributed by atoms with Crippen LogP contribution in [0.2, 0.25) is 10.0 Å². The summed E-state index contributed by atoms with van der Waals surface area (Å²) in [6, 6.07) is 5.07. The molecular weight excluding hydrogens is 243 g/mol. The molecule has 1 aliphatic rings. The molecule has 16 heavy (non-hydrogen) atoms.